The molecule has 0 saturated carbocycles. The van der Waals surface area contributed by atoms with Gasteiger partial charge >= 0.3 is 0 Å². The van der Waals surface area contributed by atoms with Gasteiger partial charge in [-0.1, -0.05) is 0 Å². The summed E-state index contributed by atoms with van der Waals surface area (Å²) in [6.45, 7) is 3.54. The first-order valence-corrected chi connectivity index (χ1v) is 6.28. The fourth-order valence-corrected chi connectivity index (χ4v) is 2.00. The highest BCUT2D eigenvalue weighted by Gasteiger charge is 2.10. The van der Waals surface area contributed by atoms with Crippen LogP contribution in [-0.4, -0.2) is 33.4 Å². The van der Waals surface area contributed by atoms with Crippen LogP contribution >= 0.6 is 0 Å². The molecule has 0 fully saturated rings. The van der Waals surface area contributed by atoms with E-state index in [1.165, 1.54) is 6.07 Å². The summed E-state index contributed by atoms with van der Waals surface area (Å²) in [5, 5.41) is 0. The Labute approximate surface area is 109 Å². The lowest BCUT2D eigenvalue weighted by Gasteiger charge is -2.23. The van der Waals surface area contributed by atoms with E-state index in [2.05, 4.69) is 4.90 Å². The Hall–Kier alpha value is -1.13. The summed E-state index contributed by atoms with van der Waals surface area (Å²) in [4.78, 5) is 2.12. The second-order valence-corrected chi connectivity index (χ2v) is 4.72. The van der Waals surface area contributed by atoms with Gasteiger partial charge in [0.15, 0.2) is 0 Å². The van der Waals surface area contributed by atoms with E-state index >= 15 is 0 Å². The molecule has 18 heavy (non-hydrogen) atoms. The molecular formula is C14H23FN2O. The highest BCUT2D eigenvalue weighted by atomic mass is 19.1. The first-order valence-electron chi connectivity index (χ1n) is 6.28. The average molecular weight is 254 g/mol. The molecule has 0 heterocycles. The zero-order chi connectivity index (χ0) is 13.5. The van der Waals surface area contributed by atoms with E-state index in [1.807, 2.05) is 20.0 Å². The van der Waals surface area contributed by atoms with Crippen LogP contribution in [0.5, 0.6) is 0 Å². The number of benzene rings is 1. The largest absolute Gasteiger partial charge is 0.385 e. The number of hydrogen-bond acceptors (Lipinski definition) is 3. The van der Waals surface area contributed by atoms with Crippen molar-refractivity contribution in [2.24, 2.45) is 5.73 Å². The molecule has 1 unspecified atom stereocenters. The lowest BCUT2D eigenvalue weighted by Crippen LogP contribution is -2.24. The molecule has 0 amide bonds. The Morgan fingerprint density at radius 1 is 1.44 bits per heavy atom. The third kappa shape index (κ3) is 4.63. The predicted molar refractivity (Wildman–Crippen MR) is 73.5 cm³/mol. The Bertz CT molecular complexity index is 369. The number of nitrogens with zero attached hydrogens (tertiary/aromatic N) is 1. The van der Waals surface area contributed by atoms with Crippen LogP contribution in [0.4, 0.5) is 10.1 Å². The molecular weight excluding hydrogens is 231 g/mol. The number of anilines is 1. The first-order chi connectivity index (χ1) is 8.54. The highest BCUT2D eigenvalue weighted by molar-refractivity contribution is 5.53. The third-order valence-electron chi connectivity index (χ3n) is 2.84. The molecule has 0 aliphatic rings. The van der Waals surface area contributed by atoms with Crippen molar-refractivity contribution >= 4 is 5.69 Å². The summed E-state index contributed by atoms with van der Waals surface area (Å²) < 4.78 is 18.3. The molecule has 1 rings (SSSR count). The summed E-state index contributed by atoms with van der Waals surface area (Å²) in [7, 11) is 3.70. The molecule has 0 saturated heterocycles. The number of rotatable bonds is 7. The summed E-state index contributed by atoms with van der Waals surface area (Å²) >= 11 is 0. The van der Waals surface area contributed by atoms with Crippen molar-refractivity contribution < 1.29 is 9.13 Å². The van der Waals surface area contributed by atoms with Gasteiger partial charge in [-0.3, -0.25) is 0 Å². The van der Waals surface area contributed by atoms with Crippen LogP contribution in [0.3, 0.4) is 0 Å². The van der Waals surface area contributed by atoms with Crippen molar-refractivity contribution in [1.29, 1.82) is 0 Å². The van der Waals surface area contributed by atoms with Crippen molar-refractivity contribution in [3.05, 3.63) is 29.6 Å². The molecule has 4 heteroatoms. The maximum absolute atomic E-state index is 13.3. The normalized spacial score (nSPS) is 12.5. The lowest BCUT2D eigenvalue weighted by atomic mass is 10.0. The fourth-order valence-electron chi connectivity index (χ4n) is 2.00. The van der Waals surface area contributed by atoms with Crippen LogP contribution in [0.15, 0.2) is 18.2 Å². The molecule has 3 nitrogen and oxygen atoms in total. The van der Waals surface area contributed by atoms with E-state index in [1.54, 1.807) is 13.2 Å². The summed E-state index contributed by atoms with van der Waals surface area (Å²) in [6, 6.07) is 4.91. The van der Waals surface area contributed by atoms with E-state index in [4.69, 9.17) is 10.5 Å². The standard InChI is InChI=1S/C14H23FN2O/c1-11(16)9-12-10-13(15)5-6-14(12)17(2)7-4-8-18-3/h5-6,10-11H,4,7-9,16H2,1-3H3. The van der Waals surface area contributed by atoms with Gasteiger partial charge in [-0.2, -0.15) is 0 Å². The molecule has 0 aliphatic carbocycles. The Morgan fingerprint density at radius 2 is 2.17 bits per heavy atom. The van der Waals surface area contributed by atoms with Gasteiger partial charge < -0.3 is 15.4 Å². The maximum Gasteiger partial charge on any atom is 0.123 e. The van der Waals surface area contributed by atoms with Gasteiger partial charge in [0.25, 0.3) is 0 Å². The third-order valence-corrected chi connectivity index (χ3v) is 2.84. The van der Waals surface area contributed by atoms with Gasteiger partial charge in [-0.25, -0.2) is 4.39 Å². The number of nitrogens with two attached hydrogens (primary N) is 1. The molecule has 0 spiro atoms. The van der Waals surface area contributed by atoms with Crippen molar-refractivity contribution in [2.45, 2.75) is 25.8 Å². The topological polar surface area (TPSA) is 38.5 Å². The van der Waals surface area contributed by atoms with Gasteiger partial charge in [0.1, 0.15) is 5.82 Å². The van der Waals surface area contributed by atoms with E-state index in [0.717, 1.165) is 30.8 Å². The van der Waals surface area contributed by atoms with E-state index in [-0.39, 0.29) is 11.9 Å². The van der Waals surface area contributed by atoms with Crippen LogP contribution in [0.1, 0.15) is 18.9 Å². The van der Waals surface area contributed by atoms with Crippen LogP contribution in [0, 0.1) is 5.82 Å². The quantitative estimate of drug-likeness (QED) is 0.758. The van der Waals surface area contributed by atoms with Crippen LogP contribution in [0.25, 0.3) is 0 Å². The van der Waals surface area contributed by atoms with Gasteiger partial charge in [-0.15, -0.1) is 0 Å². The second-order valence-electron chi connectivity index (χ2n) is 4.72. The SMILES string of the molecule is COCCCN(C)c1ccc(F)cc1CC(C)N. The van der Waals surface area contributed by atoms with Crippen LogP contribution in [-0.2, 0) is 11.2 Å². The summed E-state index contributed by atoms with van der Waals surface area (Å²) in [5.74, 6) is -0.209. The van der Waals surface area contributed by atoms with Gasteiger partial charge in [-0.05, 0) is 43.5 Å². The first kappa shape index (κ1) is 14.9. The predicted octanol–water partition coefficient (Wildman–Crippen LogP) is 2.19. The molecule has 1 atom stereocenters. The second kappa shape index (κ2) is 7.34. The Morgan fingerprint density at radius 3 is 2.78 bits per heavy atom. The maximum atomic E-state index is 13.3. The van der Waals surface area contributed by atoms with Gasteiger partial charge in [0.2, 0.25) is 0 Å². The van der Waals surface area contributed by atoms with Crippen molar-refractivity contribution in [3.8, 4) is 0 Å². The monoisotopic (exact) mass is 254 g/mol. The number of hydrogen-bond donors (Lipinski definition) is 1. The summed E-state index contributed by atoms with van der Waals surface area (Å²) in [5.41, 5.74) is 7.81. The smallest absolute Gasteiger partial charge is 0.123 e. The number of halogens is 1. The van der Waals surface area contributed by atoms with Crippen LogP contribution in [0.2, 0.25) is 0 Å². The molecule has 0 aromatic heterocycles. The average Bonchev–Trinajstić information content (AvgIpc) is 2.28. The molecule has 0 aliphatic heterocycles. The van der Waals surface area contributed by atoms with E-state index in [9.17, 15) is 4.39 Å². The molecule has 1 aromatic rings. The Balaban J connectivity index is 2.78. The highest BCUT2D eigenvalue weighted by Crippen LogP contribution is 2.22. The summed E-state index contributed by atoms with van der Waals surface area (Å²) in [6.07, 6.45) is 1.63. The van der Waals surface area contributed by atoms with Gasteiger partial charge in [0, 0.05) is 39.0 Å². The number of methoxy groups -OCH3 is 1. The minimum atomic E-state index is -0.209. The van der Waals surface area contributed by atoms with Crippen molar-refractivity contribution in [3.63, 3.8) is 0 Å². The van der Waals surface area contributed by atoms with Crippen LogP contribution < -0.4 is 10.6 Å². The lowest BCUT2D eigenvalue weighted by molar-refractivity contribution is 0.196. The fraction of sp³-hybridized carbons (Fsp3) is 0.571. The van der Waals surface area contributed by atoms with Gasteiger partial charge in [0.05, 0.1) is 0 Å². The molecule has 2 N–H and O–H groups in total. The Kier molecular flexibility index (Phi) is 6.09. The molecule has 0 bridgehead atoms. The van der Waals surface area contributed by atoms with Crippen molar-refractivity contribution in [2.75, 3.05) is 32.2 Å². The zero-order valence-electron chi connectivity index (χ0n) is 11.4. The van der Waals surface area contributed by atoms with Crippen molar-refractivity contribution in [1.82, 2.24) is 0 Å². The molecule has 102 valence electrons. The minimum absolute atomic E-state index is 0.0259. The molecule has 1 aromatic carbocycles. The van der Waals surface area contributed by atoms with E-state index in [0.29, 0.717) is 6.42 Å². The molecule has 0 radical (unpaired) electrons. The number of ether oxygens (including phenoxy) is 1. The zero-order valence-corrected chi connectivity index (χ0v) is 11.4. The van der Waals surface area contributed by atoms with E-state index < -0.39 is 0 Å². The minimum Gasteiger partial charge on any atom is -0.385 e.